The Morgan fingerprint density at radius 1 is 1.42 bits per heavy atom. The van der Waals surface area contributed by atoms with Gasteiger partial charge in [-0.1, -0.05) is 0 Å². The Kier molecular flexibility index (Phi) is 6.08. The van der Waals surface area contributed by atoms with Crippen LogP contribution >= 0.6 is 0 Å². The second-order valence-electron chi connectivity index (χ2n) is 7.95. The number of ether oxygens (including phenoxy) is 1. The first-order valence-electron chi connectivity index (χ1n) is 10.8. The highest BCUT2D eigenvalue weighted by molar-refractivity contribution is 5.93. The van der Waals surface area contributed by atoms with E-state index >= 15 is 0 Å². The van der Waals surface area contributed by atoms with Crippen LogP contribution in [-0.2, 0) is 6.42 Å². The number of carbonyl (C=O) groups is 1. The molecule has 2 aromatic heterocycles. The van der Waals surface area contributed by atoms with Gasteiger partial charge in [-0.3, -0.25) is 15.5 Å². The Bertz CT molecular complexity index is 1130. The van der Waals surface area contributed by atoms with Gasteiger partial charge in [0.1, 0.15) is 17.1 Å². The van der Waals surface area contributed by atoms with Gasteiger partial charge in [0.05, 0.1) is 29.9 Å². The van der Waals surface area contributed by atoms with Gasteiger partial charge in [0.2, 0.25) is 0 Å². The summed E-state index contributed by atoms with van der Waals surface area (Å²) < 4.78 is 7.15. The quantitative estimate of drug-likeness (QED) is 0.494. The summed E-state index contributed by atoms with van der Waals surface area (Å²) in [4.78, 5) is 23.0. The number of aromatic amines is 1. The van der Waals surface area contributed by atoms with Crippen LogP contribution in [-0.4, -0.2) is 52.6 Å². The number of aromatic nitrogens is 3. The van der Waals surface area contributed by atoms with Crippen molar-refractivity contribution in [3.05, 3.63) is 53.4 Å². The summed E-state index contributed by atoms with van der Waals surface area (Å²) in [5.41, 5.74) is 2.48. The van der Waals surface area contributed by atoms with Crippen molar-refractivity contribution in [1.29, 1.82) is 5.41 Å². The highest BCUT2D eigenvalue weighted by Crippen LogP contribution is 2.37. The third-order valence-electron chi connectivity index (χ3n) is 5.94. The van der Waals surface area contributed by atoms with Crippen LogP contribution in [0.4, 0.5) is 0 Å². The maximum absolute atomic E-state index is 13.2. The predicted molar refractivity (Wildman–Crippen MR) is 119 cm³/mol. The molecule has 1 aliphatic carbocycles. The molecule has 1 saturated carbocycles. The van der Waals surface area contributed by atoms with Crippen molar-refractivity contribution in [1.82, 2.24) is 24.8 Å². The molecule has 1 fully saturated rings. The van der Waals surface area contributed by atoms with Crippen molar-refractivity contribution < 1.29 is 9.53 Å². The van der Waals surface area contributed by atoms with Crippen molar-refractivity contribution in [2.75, 3.05) is 27.2 Å². The lowest BCUT2D eigenvalue weighted by Crippen LogP contribution is -2.40. The SMILES string of the molecule is CCN(CCc1nc2ccc(OC)cc2[nH]1)C(=O)c1cccn(C(NC)C2CC2)c1=N. The number of amides is 1. The molecule has 1 aliphatic rings. The first kappa shape index (κ1) is 21.1. The Labute approximate surface area is 181 Å². The maximum atomic E-state index is 13.2. The molecule has 1 aromatic carbocycles. The molecule has 1 unspecified atom stereocenters. The molecule has 1 amide bonds. The van der Waals surface area contributed by atoms with Gasteiger partial charge < -0.3 is 19.2 Å². The average Bonchev–Trinajstić information content (AvgIpc) is 3.53. The molecule has 0 aliphatic heterocycles. The standard InChI is InChI=1S/C23H30N6O2/c1-4-28(13-11-20-26-18-10-9-16(31-3)14-19(18)27-20)23(30)17-6-5-12-29(21(17)24)22(25-2)15-7-8-15/h5-6,9-10,12,14-15,22,24-25H,4,7-8,11,13H2,1-3H3,(H,26,27). The summed E-state index contributed by atoms with van der Waals surface area (Å²) in [5.74, 6) is 2.01. The number of benzene rings is 1. The van der Waals surface area contributed by atoms with Crippen molar-refractivity contribution in [2.24, 2.45) is 5.92 Å². The predicted octanol–water partition coefficient (Wildman–Crippen LogP) is 2.69. The number of likely N-dealkylation sites (N-methyl/N-ethyl adjacent to an activating group) is 1. The summed E-state index contributed by atoms with van der Waals surface area (Å²) in [6, 6.07) is 9.33. The Hall–Kier alpha value is -3.13. The number of nitrogens with one attached hydrogen (secondary N) is 3. The minimum atomic E-state index is -0.120. The van der Waals surface area contributed by atoms with E-state index in [4.69, 9.17) is 10.1 Å². The number of imidazole rings is 1. The lowest BCUT2D eigenvalue weighted by molar-refractivity contribution is 0.0762. The van der Waals surface area contributed by atoms with E-state index in [9.17, 15) is 4.79 Å². The maximum Gasteiger partial charge on any atom is 0.257 e. The largest absolute Gasteiger partial charge is 0.497 e. The number of carbonyl (C=O) groups excluding carboxylic acids is 1. The van der Waals surface area contributed by atoms with Crippen molar-refractivity contribution >= 4 is 16.9 Å². The van der Waals surface area contributed by atoms with Crippen LogP contribution in [0, 0.1) is 11.3 Å². The zero-order valence-corrected chi connectivity index (χ0v) is 18.3. The summed E-state index contributed by atoms with van der Waals surface area (Å²) in [5, 5.41) is 11.9. The molecule has 2 heterocycles. The molecule has 3 N–H and O–H groups in total. The summed E-state index contributed by atoms with van der Waals surface area (Å²) >= 11 is 0. The van der Waals surface area contributed by atoms with Crippen LogP contribution in [0.5, 0.6) is 5.75 Å². The number of methoxy groups -OCH3 is 1. The molecular weight excluding hydrogens is 392 g/mol. The first-order valence-corrected chi connectivity index (χ1v) is 10.8. The minimum absolute atomic E-state index is 0.0582. The molecule has 1 atom stereocenters. The zero-order chi connectivity index (χ0) is 22.0. The molecule has 0 saturated heterocycles. The van der Waals surface area contributed by atoms with E-state index in [0.717, 1.165) is 35.4 Å². The van der Waals surface area contributed by atoms with Gasteiger partial charge >= 0.3 is 0 Å². The Balaban J connectivity index is 1.50. The molecule has 8 heteroatoms. The fourth-order valence-electron chi connectivity index (χ4n) is 4.04. The van der Waals surface area contributed by atoms with E-state index < -0.39 is 0 Å². The first-order chi connectivity index (χ1) is 15.0. The van der Waals surface area contributed by atoms with E-state index in [2.05, 4.69) is 15.3 Å². The van der Waals surface area contributed by atoms with Gasteiger partial charge in [0.25, 0.3) is 5.91 Å². The molecule has 3 aromatic rings. The van der Waals surface area contributed by atoms with Gasteiger partial charge in [-0.25, -0.2) is 4.98 Å². The third-order valence-corrected chi connectivity index (χ3v) is 5.94. The number of rotatable bonds is 9. The van der Waals surface area contributed by atoms with Crippen LogP contribution < -0.4 is 15.5 Å². The number of pyridine rings is 1. The normalized spacial score (nSPS) is 14.5. The van der Waals surface area contributed by atoms with E-state index in [1.165, 1.54) is 0 Å². The zero-order valence-electron chi connectivity index (χ0n) is 18.3. The van der Waals surface area contributed by atoms with E-state index in [0.29, 0.717) is 31.0 Å². The monoisotopic (exact) mass is 422 g/mol. The van der Waals surface area contributed by atoms with E-state index in [1.807, 2.05) is 49.0 Å². The van der Waals surface area contributed by atoms with Crippen molar-refractivity contribution in [3.8, 4) is 5.75 Å². The van der Waals surface area contributed by atoms with Gasteiger partial charge in [-0.2, -0.15) is 0 Å². The van der Waals surface area contributed by atoms with Crippen molar-refractivity contribution in [2.45, 2.75) is 32.4 Å². The number of nitrogens with zero attached hydrogens (tertiary/aromatic N) is 3. The minimum Gasteiger partial charge on any atom is -0.497 e. The lowest BCUT2D eigenvalue weighted by Gasteiger charge is -2.23. The second-order valence-corrected chi connectivity index (χ2v) is 7.95. The van der Waals surface area contributed by atoms with Crippen LogP contribution in [0.15, 0.2) is 36.5 Å². The number of hydrogen-bond acceptors (Lipinski definition) is 5. The number of fused-ring (bicyclic) bond motifs is 1. The van der Waals surface area contributed by atoms with Crippen LogP contribution in [0.2, 0.25) is 0 Å². The number of H-pyrrole nitrogens is 1. The molecule has 4 rings (SSSR count). The molecule has 0 bridgehead atoms. The molecule has 164 valence electrons. The average molecular weight is 423 g/mol. The summed E-state index contributed by atoms with van der Waals surface area (Å²) in [7, 11) is 3.55. The Morgan fingerprint density at radius 2 is 2.23 bits per heavy atom. The summed E-state index contributed by atoms with van der Waals surface area (Å²) in [6.45, 7) is 3.06. The fraction of sp³-hybridized carbons (Fsp3) is 0.435. The highest BCUT2D eigenvalue weighted by Gasteiger charge is 2.32. The molecule has 8 nitrogen and oxygen atoms in total. The van der Waals surface area contributed by atoms with Crippen LogP contribution in [0.3, 0.4) is 0 Å². The third kappa shape index (κ3) is 4.34. The molecule has 31 heavy (non-hydrogen) atoms. The molecular formula is C23H30N6O2. The molecule has 0 radical (unpaired) electrons. The van der Waals surface area contributed by atoms with E-state index in [1.54, 1.807) is 18.1 Å². The van der Waals surface area contributed by atoms with Crippen LogP contribution in [0.1, 0.15) is 42.1 Å². The summed E-state index contributed by atoms with van der Waals surface area (Å²) in [6.07, 6.45) is 4.86. The highest BCUT2D eigenvalue weighted by atomic mass is 16.5. The fourth-order valence-corrected chi connectivity index (χ4v) is 4.04. The second kappa shape index (κ2) is 8.93. The van der Waals surface area contributed by atoms with Gasteiger partial charge in [-0.15, -0.1) is 0 Å². The van der Waals surface area contributed by atoms with Gasteiger partial charge in [0, 0.05) is 31.8 Å². The van der Waals surface area contributed by atoms with Gasteiger partial charge in [0.15, 0.2) is 0 Å². The molecule has 0 spiro atoms. The van der Waals surface area contributed by atoms with Crippen molar-refractivity contribution in [3.63, 3.8) is 0 Å². The van der Waals surface area contributed by atoms with E-state index in [-0.39, 0.29) is 17.6 Å². The number of hydrogen-bond donors (Lipinski definition) is 3. The Morgan fingerprint density at radius 3 is 2.90 bits per heavy atom. The smallest absolute Gasteiger partial charge is 0.257 e. The van der Waals surface area contributed by atoms with Gasteiger partial charge in [-0.05, 0) is 57.0 Å². The topological polar surface area (TPSA) is 99.0 Å². The van der Waals surface area contributed by atoms with Crippen LogP contribution in [0.25, 0.3) is 11.0 Å². The lowest BCUT2D eigenvalue weighted by atomic mass is 10.2.